The van der Waals surface area contributed by atoms with Crippen molar-refractivity contribution in [1.29, 1.82) is 0 Å². The van der Waals surface area contributed by atoms with Crippen LogP contribution in [0.1, 0.15) is 56.1 Å². The number of benzene rings is 1. The Morgan fingerprint density at radius 1 is 1.03 bits per heavy atom. The van der Waals surface area contributed by atoms with Gasteiger partial charge in [0.05, 0.1) is 11.3 Å². The summed E-state index contributed by atoms with van der Waals surface area (Å²) in [6.45, 7) is 8.08. The van der Waals surface area contributed by atoms with Crippen molar-refractivity contribution in [1.82, 2.24) is 9.88 Å². The first kappa shape index (κ1) is 20.7. The van der Waals surface area contributed by atoms with E-state index in [1.165, 1.54) is 6.42 Å². The molecule has 156 valence electrons. The minimum Gasteiger partial charge on any atom is -0.464 e. The van der Waals surface area contributed by atoms with Gasteiger partial charge in [0.25, 0.3) is 5.91 Å². The number of rotatable bonds is 3. The molecule has 0 spiro atoms. The molecule has 2 aromatic heterocycles. The summed E-state index contributed by atoms with van der Waals surface area (Å²) in [7, 11) is 0. The van der Waals surface area contributed by atoms with Crippen LogP contribution in [0.3, 0.4) is 0 Å². The van der Waals surface area contributed by atoms with E-state index in [0.717, 1.165) is 48.3 Å². The summed E-state index contributed by atoms with van der Waals surface area (Å²) in [5.41, 5.74) is 4.44. The van der Waals surface area contributed by atoms with Crippen molar-refractivity contribution in [2.45, 2.75) is 45.4 Å². The zero-order chi connectivity index (χ0) is 21.3. The molecule has 1 fully saturated rings. The molecule has 0 unspecified atom stereocenters. The van der Waals surface area contributed by atoms with Gasteiger partial charge in [0.1, 0.15) is 5.76 Å². The zero-order valence-electron chi connectivity index (χ0n) is 17.7. The van der Waals surface area contributed by atoms with E-state index in [1.54, 1.807) is 12.3 Å². The van der Waals surface area contributed by atoms with Gasteiger partial charge >= 0.3 is 0 Å². The van der Waals surface area contributed by atoms with Gasteiger partial charge in [-0.3, -0.25) is 9.78 Å². The van der Waals surface area contributed by atoms with Gasteiger partial charge in [-0.05, 0) is 61.2 Å². The quantitative estimate of drug-likeness (QED) is 0.478. The molecule has 1 aliphatic heterocycles. The predicted octanol–water partition coefficient (Wildman–Crippen LogP) is 6.59. The van der Waals surface area contributed by atoms with E-state index in [1.807, 2.05) is 35.4 Å². The molecule has 1 aromatic carbocycles. The number of likely N-dealkylation sites (tertiary alicyclic amines) is 1. The maximum atomic E-state index is 12.7. The average molecular weight is 423 g/mol. The van der Waals surface area contributed by atoms with Crippen LogP contribution in [0.15, 0.2) is 53.3 Å². The molecule has 0 bridgehead atoms. The van der Waals surface area contributed by atoms with Crippen molar-refractivity contribution in [2.75, 3.05) is 13.1 Å². The fourth-order valence-corrected chi connectivity index (χ4v) is 4.05. The van der Waals surface area contributed by atoms with Gasteiger partial charge in [0.2, 0.25) is 0 Å². The highest BCUT2D eigenvalue weighted by molar-refractivity contribution is 6.33. The molecule has 0 radical (unpaired) electrons. The summed E-state index contributed by atoms with van der Waals surface area (Å²) in [5.74, 6) is 0.732. The summed E-state index contributed by atoms with van der Waals surface area (Å²) >= 11 is 6.55. The average Bonchev–Trinajstić information content (AvgIpc) is 3.23. The Labute approximate surface area is 182 Å². The number of halogens is 1. The van der Waals surface area contributed by atoms with E-state index in [2.05, 4.69) is 31.8 Å². The minimum absolute atomic E-state index is 0.0252. The lowest BCUT2D eigenvalue weighted by molar-refractivity contribution is 0.0724. The number of piperidine rings is 1. The lowest BCUT2D eigenvalue weighted by Crippen LogP contribution is -2.35. The number of amides is 1. The maximum absolute atomic E-state index is 12.7. The van der Waals surface area contributed by atoms with Gasteiger partial charge in [0, 0.05) is 47.1 Å². The summed E-state index contributed by atoms with van der Waals surface area (Å²) in [6, 6.07) is 11.5. The van der Waals surface area contributed by atoms with Crippen LogP contribution in [0.2, 0.25) is 5.02 Å². The predicted molar refractivity (Wildman–Crippen MR) is 121 cm³/mol. The Bertz CT molecular complexity index is 1060. The standard InChI is InChI=1S/C25H27ClN2O2/c1-25(2,3)23-15-17(9-10-27-23)19-14-22(30-16-19)20-8-7-18(13-21(20)26)24(29)28-11-5-4-6-12-28/h7-10,13-16H,4-6,11-12H2,1-3H3. The molecule has 0 atom stereocenters. The monoisotopic (exact) mass is 422 g/mol. The summed E-state index contributed by atoms with van der Waals surface area (Å²) < 4.78 is 5.83. The maximum Gasteiger partial charge on any atom is 0.253 e. The molecule has 5 heteroatoms. The SMILES string of the molecule is CC(C)(C)c1cc(-c2coc(-c3ccc(C(=O)N4CCCCC4)cc3Cl)c2)ccn1. The Balaban J connectivity index is 1.58. The zero-order valence-corrected chi connectivity index (χ0v) is 18.5. The molecule has 4 nitrogen and oxygen atoms in total. The van der Waals surface area contributed by atoms with Crippen LogP contribution < -0.4 is 0 Å². The first-order chi connectivity index (χ1) is 14.3. The highest BCUT2D eigenvalue weighted by Gasteiger charge is 2.20. The second kappa shape index (κ2) is 8.27. The van der Waals surface area contributed by atoms with Crippen molar-refractivity contribution in [2.24, 2.45) is 0 Å². The number of furan rings is 1. The number of carbonyl (C=O) groups is 1. The number of carbonyl (C=O) groups excluding carboxylic acids is 1. The van der Waals surface area contributed by atoms with E-state index in [9.17, 15) is 4.79 Å². The van der Waals surface area contributed by atoms with Gasteiger partial charge in [-0.2, -0.15) is 0 Å². The Hall–Kier alpha value is -2.59. The fourth-order valence-electron chi connectivity index (χ4n) is 3.78. The van der Waals surface area contributed by atoms with Crippen molar-refractivity contribution < 1.29 is 9.21 Å². The van der Waals surface area contributed by atoms with Crippen LogP contribution in [0.5, 0.6) is 0 Å². The first-order valence-electron chi connectivity index (χ1n) is 10.5. The van der Waals surface area contributed by atoms with Crippen LogP contribution in [0.4, 0.5) is 0 Å². The Morgan fingerprint density at radius 3 is 2.50 bits per heavy atom. The first-order valence-corrected chi connectivity index (χ1v) is 10.9. The molecule has 0 aliphatic carbocycles. The second-order valence-corrected chi connectivity index (χ2v) is 9.33. The normalized spacial score (nSPS) is 14.7. The highest BCUT2D eigenvalue weighted by Crippen LogP contribution is 2.34. The van der Waals surface area contributed by atoms with Gasteiger partial charge in [-0.15, -0.1) is 0 Å². The van der Waals surface area contributed by atoms with E-state index in [4.69, 9.17) is 16.0 Å². The number of nitrogens with zero attached hydrogens (tertiary/aromatic N) is 2. The topological polar surface area (TPSA) is 46.3 Å². The van der Waals surface area contributed by atoms with Gasteiger partial charge in [-0.1, -0.05) is 32.4 Å². The molecule has 1 amide bonds. The summed E-state index contributed by atoms with van der Waals surface area (Å²) in [4.78, 5) is 19.1. The van der Waals surface area contributed by atoms with Crippen LogP contribution in [0.25, 0.3) is 22.5 Å². The van der Waals surface area contributed by atoms with E-state index in [-0.39, 0.29) is 11.3 Å². The third kappa shape index (κ3) is 4.29. The third-order valence-electron chi connectivity index (χ3n) is 5.59. The molecule has 0 N–H and O–H groups in total. The van der Waals surface area contributed by atoms with Crippen molar-refractivity contribution >= 4 is 17.5 Å². The molecule has 3 aromatic rings. The van der Waals surface area contributed by atoms with Crippen LogP contribution >= 0.6 is 11.6 Å². The summed E-state index contributed by atoms with van der Waals surface area (Å²) in [6.07, 6.45) is 6.90. The van der Waals surface area contributed by atoms with Crippen LogP contribution in [-0.4, -0.2) is 28.9 Å². The molecule has 0 saturated carbocycles. The molecule has 30 heavy (non-hydrogen) atoms. The smallest absolute Gasteiger partial charge is 0.253 e. The van der Waals surface area contributed by atoms with Crippen molar-refractivity contribution in [3.63, 3.8) is 0 Å². The summed E-state index contributed by atoms with van der Waals surface area (Å²) in [5, 5.41) is 0.517. The largest absolute Gasteiger partial charge is 0.464 e. The molecule has 3 heterocycles. The lowest BCUT2D eigenvalue weighted by atomic mass is 9.90. The molecule has 1 aliphatic rings. The highest BCUT2D eigenvalue weighted by atomic mass is 35.5. The Morgan fingerprint density at radius 2 is 1.80 bits per heavy atom. The van der Waals surface area contributed by atoms with Gasteiger partial charge < -0.3 is 9.32 Å². The second-order valence-electron chi connectivity index (χ2n) is 8.93. The Kier molecular flexibility index (Phi) is 5.70. The van der Waals surface area contributed by atoms with Crippen LogP contribution in [0, 0.1) is 0 Å². The minimum atomic E-state index is -0.0252. The van der Waals surface area contributed by atoms with E-state index >= 15 is 0 Å². The molecular weight excluding hydrogens is 396 g/mol. The van der Waals surface area contributed by atoms with Gasteiger partial charge in [-0.25, -0.2) is 0 Å². The van der Waals surface area contributed by atoms with E-state index < -0.39 is 0 Å². The van der Waals surface area contributed by atoms with E-state index in [0.29, 0.717) is 16.3 Å². The lowest BCUT2D eigenvalue weighted by Gasteiger charge is -2.26. The van der Waals surface area contributed by atoms with Crippen molar-refractivity contribution in [3.8, 4) is 22.5 Å². The molecular formula is C25H27ClN2O2. The van der Waals surface area contributed by atoms with Crippen molar-refractivity contribution in [3.05, 3.63) is 65.1 Å². The molecule has 4 rings (SSSR count). The van der Waals surface area contributed by atoms with Crippen LogP contribution in [-0.2, 0) is 5.41 Å². The molecule has 1 saturated heterocycles. The van der Waals surface area contributed by atoms with Gasteiger partial charge in [0.15, 0.2) is 0 Å². The number of hydrogen-bond donors (Lipinski definition) is 0. The number of pyridine rings is 1. The number of aromatic nitrogens is 1. The third-order valence-corrected chi connectivity index (χ3v) is 5.90. The fraction of sp³-hybridized carbons (Fsp3) is 0.360. The number of hydrogen-bond acceptors (Lipinski definition) is 3.